The van der Waals surface area contributed by atoms with Crippen molar-refractivity contribution in [3.63, 3.8) is 0 Å². The van der Waals surface area contributed by atoms with Crippen LogP contribution in [0.25, 0.3) is 22.1 Å². The molecule has 0 saturated carbocycles. The average molecular weight is 672 g/mol. The van der Waals surface area contributed by atoms with Crippen LogP contribution in [0.1, 0.15) is 64.0 Å². The van der Waals surface area contributed by atoms with E-state index in [2.05, 4.69) is 19.8 Å². The predicted octanol–water partition coefficient (Wildman–Crippen LogP) is 4.28. The van der Waals surface area contributed by atoms with Crippen molar-refractivity contribution in [2.24, 2.45) is 11.7 Å². The van der Waals surface area contributed by atoms with Gasteiger partial charge in [0.2, 0.25) is 0 Å². The summed E-state index contributed by atoms with van der Waals surface area (Å²) in [6.45, 7) is 16.8. The molecule has 49 heavy (non-hydrogen) atoms. The lowest BCUT2D eigenvalue weighted by atomic mass is 9.93. The smallest absolute Gasteiger partial charge is 0.306 e. The number of aryl methyl sites for hydroxylation is 2. The Bertz CT molecular complexity index is 1850. The van der Waals surface area contributed by atoms with Crippen LogP contribution in [0.4, 0.5) is 0 Å². The zero-order chi connectivity index (χ0) is 35.1. The van der Waals surface area contributed by atoms with Crippen LogP contribution in [0, 0.1) is 19.8 Å². The summed E-state index contributed by atoms with van der Waals surface area (Å²) in [7, 11) is 0. The molecular weight excluding hydrogens is 618 g/mol. The average Bonchev–Trinajstić information content (AvgIpc) is 3.05. The molecule has 2 aliphatic heterocycles. The second kappa shape index (κ2) is 16.2. The van der Waals surface area contributed by atoms with Gasteiger partial charge in [-0.2, -0.15) is 0 Å². The van der Waals surface area contributed by atoms with Crippen molar-refractivity contribution < 1.29 is 9.53 Å². The monoisotopic (exact) mass is 671 g/mol. The fraction of sp³-hybridized carbons (Fsp3) is 0.553. The summed E-state index contributed by atoms with van der Waals surface area (Å²) >= 11 is 0. The van der Waals surface area contributed by atoms with E-state index in [-0.39, 0.29) is 17.1 Å². The molecule has 0 atom stereocenters. The Morgan fingerprint density at radius 2 is 1.20 bits per heavy atom. The van der Waals surface area contributed by atoms with Crippen LogP contribution in [0.15, 0.2) is 58.4 Å². The maximum atomic E-state index is 12.3. The number of fused-ring (bicyclic) bond motifs is 2. The summed E-state index contributed by atoms with van der Waals surface area (Å²) < 4.78 is 9.10. The molecule has 4 aromatic rings. The van der Waals surface area contributed by atoms with E-state index in [0.717, 1.165) is 98.1 Å². The number of nitrogens with zero attached hydrogens (tertiary/aromatic N) is 6. The third kappa shape index (κ3) is 10.3. The van der Waals surface area contributed by atoms with Gasteiger partial charge in [0, 0.05) is 38.6 Å². The topological polar surface area (TPSA) is 129 Å². The minimum atomic E-state index is -0.420. The second-order valence-electron chi connectivity index (χ2n) is 14.7. The lowest BCUT2D eigenvalue weighted by Crippen LogP contribution is -2.41. The van der Waals surface area contributed by atoms with Gasteiger partial charge in [-0.1, -0.05) is 12.1 Å². The Hall–Kier alpha value is -3.93. The number of rotatable bonds is 8. The molecule has 0 radical (unpaired) electrons. The number of aromatic nitrogens is 4. The summed E-state index contributed by atoms with van der Waals surface area (Å²) in [4.78, 5) is 49.7. The molecule has 2 N–H and O–H groups in total. The Morgan fingerprint density at radius 1 is 0.755 bits per heavy atom. The molecule has 6 rings (SSSR count). The largest absolute Gasteiger partial charge is 0.460 e. The van der Waals surface area contributed by atoms with Gasteiger partial charge in [-0.05, 0) is 128 Å². The number of hydrogen-bond donors (Lipinski definition) is 1. The number of carbonyl (C=O) groups excluding carboxylic acids is 1. The fourth-order valence-corrected chi connectivity index (χ4v) is 6.70. The summed E-state index contributed by atoms with van der Waals surface area (Å²) in [6.07, 6.45) is 7.40. The van der Waals surface area contributed by atoms with Crippen LogP contribution in [-0.2, 0) is 22.6 Å². The fourth-order valence-electron chi connectivity index (χ4n) is 6.70. The Labute approximate surface area is 289 Å². The second-order valence-corrected chi connectivity index (χ2v) is 14.7. The van der Waals surface area contributed by atoms with Crippen molar-refractivity contribution in [1.82, 2.24) is 28.9 Å². The highest BCUT2D eigenvalue weighted by atomic mass is 16.6. The van der Waals surface area contributed by atoms with E-state index in [0.29, 0.717) is 31.5 Å². The molecule has 0 amide bonds. The van der Waals surface area contributed by atoms with Gasteiger partial charge in [0.05, 0.1) is 34.5 Å². The van der Waals surface area contributed by atoms with Gasteiger partial charge in [-0.25, -0.2) is 9.97 Å². The van der Waals surface area contributed by atoms with Gasteiger partial charge in [0.25, 0.3) is 11.1 Å². The molecular formula is C38H53N7O4. The van der Waals surface area contributed by atoms with Crippen LogP contribution in [-0.4, -0.2) is 85.8 Å². The number of esters is 1. The molecule has 264 valence electrons. The number of nitrogens with two attached hydrogens (primary N) is 1. The molecule has 11 heteroatoms. The van der Waals surface area contributed by atoms with E-state index in [4.69, 9.17) is 10.5 Å². The van der Waals surface area contributed by atoms with E-state index in [1.807, 2.05) is 80.2 Å². The molecule has 0 aliphatic carbocycles. The van der Waals surface area contributed by atoms with Crippen LogP contribution in [0.3, 0.4) is 0 Å². The minimum absolute atomic E-state index is 0.0261. The van der Waals surface area contributed by atoms with Crippen molar-refractivity contribution in [2.75, 3.05) is 39.3 Å². The van der Waals surface area contributed by atoms with Gasteiger partial charge < -0.3 is 29.4 Å². The zero-order valence-corrected chi connectivity index (χ0v) is 29.9. The Kier molecular flexibility index (Phi) is 12.0. The van der Waals surface area contributed by atoms with Crippen molar-refractivity contribution in [1.29, 1.82) is 0 Å². The Morgan fingerprint density at radius 3 is 1.65 bits per heavy atom. The predicted molar refractivity (Wildman–Crippen MR) is 195 cm³/mol. The lowest BCUT2D eigenvalue weighted by molar-refractivity contribution is -0.156. The Balaban J connectivity index is 0.000000199. The number of piperidine rings is 2. The van der Waals surface area contributed by atoms with Crippen molar-refractivity contribution >= 4 is 28.0 Å². The molecule has 2 aromatic carbocycles. The van der Waals surface area contributed by atoms with Crippen molar-refractivity contribution in [3.05, 3.63) is 80.6 Å². The highest BCUT2D eigenvalue weighted by Gasteiger charge is 2.24. The minimum Gasteiger partial charge on any atom is -0.460 e. The van der Waals surface area contributed by atoms with E-state index < -0.39 is 5.60 Å². The van der Waals surface area contributed by atoms with Crippen LogP contribution in [0.2, 0.25) is 0 Å². The maximum absolute atomic E-state index is 12.3. The summed E-state index contributed by atoms with van der Waals surface area (Å²) in [5.74, 6) is 0.286. The first-order valence-corrected chi connectivity index (χ1v) is 17.7. The number of hydrogen-bond acceptors (Lipinski definition) is 9. The molecule has 2 saturated heterocycles. The molecule has 2 aromatic heterocycles. The van der Waals surface area contributed by atoms with Crippen LogP contribution in [0.5, 0.6) is 0 Å². The number of likely N-dealkylation sites (tertiary alicyclic amines) is 2. The van der Waals surface area contributed by atoms with Crippen molar-refractivity contribution in [2.45, 2.75) is 91.5 Å². The molecule has 11 nitrogen and oxygen atoms in total. The van der Waals surface area contributed by atoms with Crippen molar-refractivity contribution in [3.8, 4) is 0 Å². The van der Waals surface area contributed by atoms with Gasteiger partial charge in [0.1, 0.15) is 5.60 Å². The molecule has 0 unspecified atom stereocenters. The SMILES string of the molecule is Cc1ccc2ncc(=O)n(CCN3CCC(CC(=O)OC(C)(C)C)CC3)c2c1.Cc1ccc2ncc(=O)n(CCN3CCC(N)CC3)c2c1. The first kappa shape index (κ1) is 36.4. The quantitative estimate of drug-likeness (QED) is 0.273. The maximum Gasteiger partial charge on any atom is 0.306 e. The third-order valence-corrected chi connectivity index (χ3v) is 9.50. The lowest BCUT2D eigenvalue weighted by Gasteiger charge is -2.32. The standard InChI is InChI=1S/C22H31N3O3.C16H22N4O/c1-16-5-6-18-19(13-16)25(20(26)15-23-18)12-11-24-9-7-17(8-10-24)14-21(27)28-22(2,3)4;1-12-2-3-14-15(10-12)20(16(21)11-18-14)9-8-19-6-4-13(17)5-7-19/h5-6,13,15,17H,7-12,14H2,1-4H3;2-3,10-11,13H,4-9,17H2,1H3. The third-order valence-electron chi connectivity index (χ3n) is 9.50. The van der Waals surface area contributed by atoms with Gasteiger partial charge in [-0.3, -0.25) is 14.4 Å². The molecule has 4 heterocycles. The summed E-state index contributed by atoms with van der Waals surface area (Å²) in [6, 6.07) is 12.4. The molecule has 0 spiro atoms. The van der Waals surface area contributed by atoms with Crippen LogP contribution < -0.4 is 16.9 Å². The highest BCUT2D eigenvalue weighted by Crippen LogP contribution is 2.23. The van der Waals surface area contributed by atoms with E-state index >= 15 is 0 Å². The molecule has 0 bridgehead atoms. The first-order valence-electron chi connectivity index (χ1n) is 17.7. The summed E-state index contributed by atoms with van der Waals surface area (Å²) in [5.41, 5.74) is 11.2. The van der Waals surface area contributed by atoms with Crippen LogP contribution >= 0.6 is 0 Å². The normalized spacial score (nSPS) is 16.9. The molecule has 2 aliphatic rings. The van der Waals surface area contributed by atoms with E-state index in [1.165, 1.54) is 12.4 Å². The zero-order valence-electron chi connectivity index (χ0n) is 29.9. The number of ether oxygens (including phenoxy) is 1. The van der Waals surface area contributed by atoms with E-state index in [1.54, 1.807) is 0 Å². The first-order chi connectivity index (χ1) is 23.3. The van der Waals surface area contributed by atoms with Gasteiger partial charge in [-0.15, -0.1) is 0 Å². The molecule has 2 fully saturated rings. The summed E-state index contributed by atoms with van der Waals surface area (Å²) in [5, 5.41) is 0. The van der Waals surface area contributed by atoms with Gasteiger partial charge in [0.15, 0.2) is 0 Å². The van der Waals surface area contributed by atoms with Gasteiger partial charge >= 0.3 is 5.97 Å². The number of carbonyl (C=O) groups is 1. The number of benzene rings is 2. The van der Waals surface area contributed by atoms with E-state index in [9.17, 15) is 14.4 Å². The highest BCUT2D eigenvalue weighted by molar-refractivity contribution is 5.76.